The molecule has 100 valence electrons. The van der Waals surface area contributed by atoms with Gasteiger partial charge in [-0.3, -0.25) is 9.13 Å². The first-order valence-corrected chi connectivity index (χ1v) is 6.82. The van der Waals surface area contributed by atoms with E-state index in [-0.39, 0.29) is 0 Å². The van der Waals surface area contributed by atoms with Crippen molar-refractivity contribution in [1.82, 2.24) is 4.57 Å². The van der Waals surface area contributed by atoms with Crippen molar-refractivity contribution in [3.63, 3.8) is 0 Å². The maximum Gasteiger partial charge on any atom is 0.269 e. The molecule has 0 unspecified atom stereocenters. The summed E-state index contributed by atoms with van der Waals surface area (Å²) in [5.74, 6) is 0. The zero-order valence-electron chi connectivity index (χ0n) is 12.1. The summed E-state index contributed by atoms with van der Waals surface area (Å²) in [6, 6.07) is 18.8. The van der Waals surface area contributed by atoms with Gasteiger partial charge in [0.15, 0.2) is 0 Å². The van der Waals surface area contributed by atoms with Crippen LogP contribution in [0.25, 0.3) is 11.4 Å². The zero-order chi connectivity index (χ0) is 14.1. The Bertz CT molecular complexity index is 739. The zero-order valence-corrected chi connectivity index (χ0v) is 12.1. The smallest absolute Gasteiger partial charge is 0.269 e. The van der Waals surface area contributed by atoms with E-state index in [1.807, 2.05) is 6.07 Å². The summed E-state index contributed by atoms with van der Waals surface area (Å²) in [5, 5.41) is 0. The molecule has 3 rings (SSSR count). The molecule has 0 saturated heterocycles. The largest absolute Gasteiger partial charge is 0.296 e. The SMILES string of the molecule is Cc1cccc(-n2[c-][n+](-c3ccccc3)c(C)c2C)c1. The number of rotatable bonds is 2. The molecular weight excluding hydrogens is 244 g/mol. The van der Waals surface area contributed by atoms with E-state index in [2.05, 4.69) is 84.8 Å². The summed E-state index contributed by atoms with van der Waals surface area (Å²) in [4.78, 5) is 0. The molecule has 0 saturated carbocycles. The molecule has 0 atom stereocenters. The van der Waals surface area contributed by atoms with Gasteiger partial charge in [-0.1, -0.05) is 35.9 Å². The molecule has 0 aliphatic heterocycles. The van der Waals surface area contributed by atoms with Crippen LogP contribution in [0.2, 0.25) is 0 Å². The summed E-state index contributed by atoms with van der Waals surface area (Å²) in [6.07, 6.45) is 3.44. The second-order valence-electron chi connectivity index (χ2n) is 5.12. The molecule has 0 fully saturated rings. The summed E-state index contributed by atoms with van der Waals surface area (Å²) < 4.78 is 4.23. The lowest BCUT2D eigenvalue weighted by atomic mass is 10.2. The van der Waals surface area contributed by atoms with E-state index in [1.54, 1.807) is 0 Å². The van der Waals surface area contributed by atoms with E-state index in [0.717, 1.165) is 11.4 Å². The lowest BCUT2D eigenvalue weighted by Crippen LogP contribution is -2.31. The average Bonchev–Trinajstić information content (AvgIpc) is 2.76. The van der Waals surface area contributed by atoms with Crippen molar-refractivity contribution in [3.05, 3.63) is 77.9 Å². The third kappa shape index (κ3) is 2.14. The van der Waals surface area contributed by atoms with E-state index in [0.29, 0.717) is 0 Å². The Labute approximate surface area is 119 Å². The Kier molecular flexibility index (Phi) is 3.15. The summed E-state index contributed by atoms with van der Waals surface area (Å²) in [5.41, 5.74) is 5.96. The van der Waals surface area contributed by atoms with E-state index >= 15 is 0 Å². The van der Waals surface area contributed by atoms with Crippen molar-refractivity contribution in [2.75, 3.05) is 0 Å². The van der Waals surface area contributed by atoms with Crippen LogP contribution in [0.3, 0.4) is 0 Å². The average molecular weight is 262 g/mol. The van der Waals surface area contributed by atoms with Crippen LogP contribution in [0.1, 0.15) is 17.0 Å². The van der Waals surface area contributed by atoms with Crippen LogP contribution >= 0.6 is 0 Å². The van der Waals surface area contributed by atoms with Crippen LogP contribution in [0, 0.1) is 27.1 Å². The highest BCUT2D eigenvalue weighted by atomic mass is 15.1. The normalized spacial score (nSPS) is 10.8. The summed E-state index contributed by atoms with van der Waals surface area (Å²) in [7, 11) is 0. The van der Waals surface area contributed by atoms with Gasteiger partial charge in [0.05, 0.1) is 22.8 Å². The van der Waals surface area contributed by atoms with Crippen molar-refractivity contribution >= 4 is 0 Å². The second-order valence-corrected chi connectivity index (χ2v) is 5.12. The molecule has 1 heterocycles. The molecule has 2 nitrogen and oxygen atoms in total. The topological polar surface area (TPSA) is 8.81 Å². The van der Waals surface area contributed by atoms with Gasteiger partial charge in [-0.15, -0.1) is 0 Å². The predicted molar refractivity (Wildman–Crippen MR) is 80.3 cm³/mol. The molecule has 0 radical (unpaired) electrons. The van der Waals surface area contributed by atoms with Gasteiger partial charge in [-0.2, -0.15) is 0 Å². The molecule has 0 N–H and O–H groups in total. The standard InChI is InChI=1S/C18H18N2/c1-14-8-7-11-18(12-14)20-13-19(15(2)16(20)3)17-9-5-4-6-10-17/h4-12H,1-3H3. The minimum atomic E-state index is 1.14. The maximum absolute atomic E-state index is 3.44. The fourth-order valence-corrected chi connectivity index (χ4v) is 2.42. The summed E-state index contributed by atoms with van der Waals surface area (Å²) >= 11 is 0. The van der Waals surface area contributed by atoms with Gasteiger partial charge < -0.3 is 0 Å². The number of benzene rings is 2. The van der Waals surface area contributed by atoms with Crippen LogP contribution in [0.4, 0.5) is 0 Å². The number of hydrogen-bond acceptors (Lipinski definition) is 0. The Morgan fingerprint density at radius 2 is 1.65 bits per heavy atom. The number of aryl methyl sites for hydroxylation is 1. The molecule has 0 aliphatic carbocycles. The Hall–Kier alpha value is -2.35. The van der Waals surface area contributed by atoms with Gasteiger partial charge in [-0.05, 0) is 45.0 Å². The first-order valence-electron chi connectivity index (χ1n) is 6.82. The van der Waals surface area contributed by atoms with Crippen molar-refractivity contribution < 1.29 is 4.57 Å². The Morgan fingerprint density at radius 3 is 2.35 bits per heavy atom. The van der Waals surface area contributed by atoms with E-state index in [4.69, 9.17) is 0 Å². The van der Waals surface area contributed by atoms with Gasteiger partial charge in [0.2, 0.25) is 0 Å². The van der Waals surface area contributed by atoms with Gasteiger partial charge in [0.25, 0.3) is 6.33 Å². The molecular formula is C18H18N2. The Morgan fingerprint density at radius 1 is 0.900 bits per heavy atom. The fraction of sp³-hybridized carbons (Fsp3) is 0.167. The lowest BCUT2D eigenvalue weighted by molar-refractivity contribution is -0.606. The minimum absolute atomic E-state index is 1.14. The van der Waals surface area contributed by atoms with E-state index in [9.17, 15) is 0 Å². The number of para-hydroxylation sites is 1. The molecule has 2 aromatic carbocycles. The highest BCUT2D eigenvalue weighted by molar-refractivity contribution is 5.37. The molecule has 20 heavy (non-hydrogen) atoms. The number of hydrogen-bond donors (Lipinski definition) is 0. The molecule has 0 amide bonds. The quantitative estimate of drug-likeness (QED) is 0.494. The van der Waals surface area contributed by atoms with E-state index < -0.39 is 0 Å². The van der Waals surface area contributed by atoms with Crippen molar-refractivity contribution in [2.45, 2.75) is 20.8 Å². The predicted octanol–water partition coefficient (Wildman–Crippen LogP) is 3.48. The monoisotopic (exact) mass is 262 g/mol. The van der Waals surface area contributed by atoms with Gasteiger partial charge in [-0.25, -0.2) is 0 Å². The number of aromatic nitrogens is 2. The summed E-state index contributed by atoms with van der Waals surface area (Å²) in [6.45, 7) is 6.37. The van der Waals surface area contributed by atoms with E-state index in [1.165, 1.54) is 17.0 Å². The maximum atomic E-state index is 3.44. The molecule has 3 aromatic rings. The first kappa shape index (κ1) is 12.7. The molecule has 0 bridgehead atoms. The first-order chi connectivity index (χ1) is 9.66. The molecule has 0 spiro atoms. The van der Waals surface area contributed by atoms with Crippen LogP contribution in [0.5, 0.6) is 0 Å². The Balaban J connectivity index is 2.16. The van der Waals surface area contributed by atoms with Crippen LogP contribution in [0.15, 0.2) is 54.6 Å². The minimum Gasteiger partial charge on any atom is -0.296 e. The van der Waals surface area contributed by atoms with Gasteiger partial charge in [0, 0.05) is 0 Å². The van der Waals surface area contributed by atoms with Crippen molar-refractivity contribution in [2.24, 2.45) is 0 Å². The third-order valence-corrected chi connectivity index (χ3v) is 3.67. The van der Waals surface area contributed by atoms with Gasteiger partial charge >= 0.3 is 0 Å². The fourth-order valence-electron chi connectivity index (χ4n) is 2.42. The second kappa shape index (κ2) is 4.97. The third-order valence-electron chi connectivity index (χ3n) is 3.67. The number of nitrogens with zero attached hydrogens (tertiary/aromatic N) is 2. The highest BCUT2D eigenvalue weighted by Crippen LogP contribution is 2.15. The van der Waals surface area contributed by atoms with Crippen LogP contribution in [-0.4, -0.2) is 4.57 Å². The molecule has 2 heteroatoms. The molecule has 1 aromatic heterocycles. The highest BCUT2D eigenvalue weighted by Gasteiger charge is 2.12. The molecule has 0 aliphatic rings. The lowest BCUT2D eigenvalue weighted by Gasteiger charge is -2.04. The van der Waals surface area contributed by atoms with Crippen LogP contribution < -0.4 is 4.57 Å². The van der Waals surface area contributed by atoms with Gasteiger partial charge in [0.1, 0.15) is 0 Å². The number of imidazole rings is 1. The van der Waals surface area contributed by atoms with Crippen LogP contribution in [-0.2, 0) is 0 Å². The van der Waals surface area contributed by atoms with Crippen molar-refractivity contribution in [3.8, 4) is 11.4 Å². The van der Waals surface area contributed by atoms with Crippen molar-refractivity contribution in [1.29, 1.82) is 0 Å².